The third-order valence-electron chi connectivity index (χ3n) is 5.85. The van der Waals surface area contributed by atoms with E-state index >= 15 is 0 Å². The molecular formula is C24H23ClF3N5O4. The average molecular weight is 538 g/mol. The molecule has 0 N–H and O–H groups in total. The summed E-state index contributed by atoms with van der Waals surface area (Å²) in [5.41, 5.74) is -0.554. The van der Waals surface area contributed by atoms with Crippen molar-refractivity contribution in [1.29, 1.82) is 0 Å². The van der Waals surface area contributed by atoms with Gasteiger partial charge in [-0.1, -0.05) is 17.7 Å². The zero-order chi connectivity index (χ0) is 26.7. The quantitative estimate of drug-likeness (QED) is 0.443. The van der Waals surface area contributed by atoms with Crippen LogP contribution >= 0.6 is 11.6 Å². The molecule has 0 unspecified atom stereocenters. The molecule has 2 amide bonds. The van der Waals surface area contributed by atoms with Crippen molar-refractivity contribution in [1.82, 2.24) is 24.6 Å². The normalized spacial score (nSPS) is 14.2. The van der Waals surface area contributed by atoms with Gasteiger partial charge in [0.15, 0.2) is 5.78 Å². The predicted octanol–water partition coefficient (Wildman–Crippen LogP) is 3.83. The monoisotopic (exact) mass is 537 g/mol. The second kappa shape index (κ2) is 10.8. The Morgan fingerprint density at radius 1 is 1.08 bits per heavy atom. The maximum absolute atomic E-state index is 12.9. The van der Waals surface area contributed by atoms with Crippen molar-refractivity contribution in [3.63, 3.8) is 0 Å². The van der Waals surface area contributed by atoms with E-state index in [1.54, 1.807) is 29.0 Å². The Morgan fingerprint density at radius 2 is 1.78 bits per heavy atom. The van der Waals surface area contributed by atoms with Crippen LogP contribution in [0.2, 0.25) is 5.02 Å². The number of hydrogen-bond acceptors (Lipinski definition) is 6. The molecule has 1 aliphatic rings. The summed E-state index contributed by atoms with van der Waals surface area (Å²) in [4.78, 5) is 43.8. The van der Waals surface area contributed by atoms with Gasteiger partial charge in [-0.15, -0.1) is 0 Å². The third-order valence-corrected chi connectivity index (χ3v) is 6.20. The summed E-state index contributed by atoms with van der Waals surface area (Å²) >= 11 is 6.32. The highest BCUT2D eigenvalue weighted by atomic mass is 35.5. The predicted molar refractivity (Wildman–Crippen MR) is 127 cm³/mol. The summed E-state index contributed by atoms with van der Waals surface area (Å²) in [7, 11) is 0. The highest BCUT2D eigenvalue weighted by Gasteiger charge is 2.33. The SMILES string of the molecule is CCOC(=O)N1CCN(C(=O)Cn2cc3cc(CC(=O)c4cccc(C(F)(F)F)n4)c(Cl)cc3n2)CC1. The van der Waals surface area contributed by atoms with Gasteiger partial charge in [0, 0.05) is 49.2 Å². The number of ketones is 1. The van der Waals surface area contributed by atoms with E-state index in [0.29, 0.717) is 42.6 Å². The van der Waals surface area contributed by atoms with Gasteiger partial charge in [-0.2, -0.15) is 18.3 Å². The van der Waals surface area contributed by atoms with Crippen molar-refractivity contribution in [3.05, 3.63) is 58.5 Å². The number of alkyl halides is 3. The molecule has 0 aliphatic carbocycles. The number of carbonyl (C=O) groups excluding carboxylic acids is 3. The van der Waals surface area contributed by atoms with E-state index in [2.05, 4.69) is 10.1 Å². The summed E-state index contributed by atoms with van der Waals surface area (Å²) in [5.74, 6) is -0.787. The Balaban J connectivity index is 1.42. The topological polar surface area (TPSA) is 97.6 Å². The number of aromatic nitrogens is 3. The van der Waals surface area contributed by atoms with Crippen LogP contribution in [0.1, 0.15) is 28.7 Å². The minimum absolute atomic E-state index is 0.0336. The number of pyridine rings is 1. The largest absolute Gasteiger partial charge is 0.450 e. The molecule has 9 nitrogen and oxygen atoms in total. The molecule has 37 heavy (non-hydrogen) atoms. The Labute approximate surface area is 214 Å². The van der Waals surface area contributed by atoms with Gasteiger partial charge in [0.1, 0.15) is 17.9 Å². The van der Waals surface area contributed by atoms with Crippen molar-refractivity contribution in [2.24, 2.45) is 0 Å². The molecule has 1 saturated heterocycles. The molecule has 0 spiro atoms. The first kappa shape index (κ1) is 26.4. The molecule has 1 aliphatic heterocycles. The highest BCUT2D eigenvalue weighted by molar-refractivity contribution is 6.32. The first-order valence-corrected chi connectivity index (χ1v) is 11.9. The van der Waals surface area contributed by atoms with E-state index in [-0.39, 0.29) is 36.2 Å². The molecule has 0 bridgehead atoms. The Morgan fingerprint density at radius 3 is 2.46 bits per heavy atom. The standard InChI is InChI=1S/C24H23ClF3N5O4/c1-2-37-23(36)32-8-6-31(7-9-32)22(35)14-33-13-16-10-15(17(25)12-19(16)30-33)11-20(34)18-4-3-5-21(29-18)24(26,27)28/h3-5,10,12-13H,2,6-9,11,14H2,1H3. The van der Waals surface area contributed by atoms with Crippen LogP contribution in [0.25, 0.3) is 10.9 Å². The number of carbonyl (C=O) groups is 3. The molecule has 0 radical (unpaired) electrons. The molecule has 0 saturated carbocycles. The lowest BCUT2D eigenvalue weighted by Crippen LogP contribution is -2.51. The van der Waals surface area contributed by atoms with Crippen LogP contribution in [0.5, 0.6) is 0 Å². The molecular weight excluding hydrogens is 515 g/mol. The van der Waals surface area contributed by atoms with Gasteiger partial charge in [-0.25, -0.2) is 9.78 Å². The van der Waals surface area contributed by atoms with E-state index in [1.807, 2.05) is 0 Å². The van der Waals surface area contributed by atoms with Gasteiger partial charge >= 0.3 is 12.3 Å². The third kappa shape index (κ3) is 6.19. The number of Topliss-reactive ketones (excluding diaryl/α,β-unsaturated/α-hetero) is 1. The van der Waals surface area contributed by atoms with Gasteiger partial charge in [0.2, 0.25) is 5.91 Å². The summed E-state index contributed by atoms with van der Waals surface area (Å²) < 4.78 is 45.2. The Kier molecular flexibility index (Phi) is 7.67. The maximum atomic E-state index is 12.9. The number of ether oxygens (including phenoxy) is 1. The van der Waals surface area contributed by atoms with Gasteiger partial charge in [-0.05, 0) is 36.8 Å². The van der Waals surface area contributed by atoms with Gasteiger partial charge in [0.25, 0.3) is 0 Å². The van der Waals surface area contributed by atoms with Crippen LogP contribution in [0.4, 0.5) is 18.0 Å². The number of rotatable bonds is 6. The van der Waals surface area contributed by atoms with E-state index in [9.17, 15) is 27.6 Å². The minimum atomic E-state index is -4.66. The first-order valence-electron chi connectivity index (χ1n) is 11.5. The lowest BCUT2D eigenvalue weighted by atomic mass is 10.0. The smallest absolute Gasteiger partial charge is 0.433 e. The van der Waals surface area contributed by atoms with E-state index in [1.165, 1.54) is 16.8 Å². The summed E-state index contributed by atoms with van der Waals surface area (Å²) in [5, 5.41) is 5.21. The van der Waals surface area contributed by atoms with Crippen molar-refractivity contribution >= 4 is 40.3 Å². The number of hydrogen-bond donors (Lipinski definition) is 0. The zero-order valence-corrected chi connectivity index (χ0v) is 20.6. The molecule has 196 valence electrons. The number of nitrogens with zero attached hydrogens (tertiary/aromatic N) is 5. The van der Waals surface area contributed by atoms with E-state index in [0.717, 1.165) is 12.1 Å². The molecule has 0 atom stereocenters. The fourth-order valence-corrected chi connectivity index (χ4v) is 4.19. The molecule has 1 aromatic carbocycles. The van der Waals surface area contributed by atoms with Crippen LogP contribution in [0.15, 0.2) is 36.5 Å². The van der Waals surface area contributed by atoms with Crippen LogP contribution < -0.4 is 0 Å². The second-order valence-corrected chi connectivity index (χ2v) is 8.81. The van der Waals surface area contributed by atoms with Gasteiger partial charge < -0.3 is 14.5 Å². The van der Waals surface area contributed by atoms with Crippen LogP contribution in [0.3, 0.4) is 0 Å². The molecule has 2 aromatic heterocycles. The number of fused-ring (bicyclic) bond motifs is 1. The minimum Gasteiger partial charge on any atom is -0.450 e. The van der Waals surface area contributed by atoms with Crippen molar-refractivity contribution < 1.29 is 32.3 Å². The van der Waals surface area contributed by atoms with Gasteiger partial charge in [-0.3, -0.25) is 14.3 Å². The van der Waals surface area contributed by atoms with Crippen molar-refractivity contribution in [3.8, 4) is 0 Å². The maximum Gasteiger partial charge on any atom is 0.433 e. The average Bonchev–Trinajstić information content (AvgIpc) is 3.24. The first-order chi connectivity index (χ1) is 17.5. The zero-order valence-electron chi connectivity index (χ0n) is 19.8. The van der Waals surface area contributed by atoms with Crippen molar-refractivity contribution in [2.75, 3.05) is 32.8 Å². The molecule has 4 rings (SSSR count). The molecule has 1 fully saturated rings. The van der Waals surface area contributed by atoms with Crippen LogP contribution in [0, 0.1) is 0 Å². The molecule has 3 aromatic rings. The van der Waals surface area contributed by atoms with E-state index in [4.69, 9.17) is 16.3 Å². The number of halogens is 4. The van der Waals surface area contributed by atoms with Crippen molar-refractivity contribution in [2.45, 2.75) is 26.1 Å². The molecule has 3 heterocycles. The van der Waals surface area contributed by atoms with Crippen LogP contribution in [-0.2, 0) is 28.7 Å². The van der Waals surface area contributed by atoms with Gasteiger partial charge in [0.05, 0.1) is 12.1 Å². The summed E-state index contributed by atoms with van der Waals surface area (Å²) in [6, 6.07) is 6.31. The Bertz CT molecular complexity index is 1340. The summed E-state index contributed by atoms with van der Waals surface area (Å²) in [6.07, 6.45) is -3.68. The lowest BCUT2D eigenvalue weighted by Gasteiger charge is -2.34. The number of amides is 2. The highest BCUT2D eigenvalue weighted by Crippen LogP contribution is 2.28. The second-order valence-electron chi connectivity index (χ2n) is 8.40. The van der Waals surface area contributed by atoms with Crippen LogP contribution in [-0.4, -0.2) is 75.1 Å². The number of benzene rings is 1. The lowest BCUT2D eigenvalue weighted by molar-refractivity contribution is -0.141. The number of piperazine rings is 1. The Hall–Kier alpha value is -3.67. The fraction of sp³-hybridized carbons (Fsp3) is 0.375. The molecule has 13 heteroatoms. The fourth-order valence-electron chi connectivity index (χ4n) is 3.96. The summed E-state index contributed by atoms with van der Waals surface area (Å²) in [6.45, 7) is 3.48. The van der Waals surface area contributed by atoms with E-state index < -0.39 is 23.7 Å².